The van der Waals surface area contributed by atoms with Gasteiger partial charge in [-0.15, -0.1) is 0 Å². The van der Waals surface area contributed by atoms with Crippen LogP contribution in [-0.4, -0.2) is 0 Å². The summed E-state index contributed by atoms with van der Waals surface area (Å²) in [5.74, 6) is 2.27. The van der Waals surface area contributed by atoms with E-state index in [1.54, 1.807) is 11.3 Å². The lowest BCUT2D eigenvalue weighted by atomic mass is 10.4. The predicted molar refractivity (Wildman–Crippen MR) is 30.6 cm³/mol. The summed E-state index contributed by atoms with van der Waals surface area (Å²) >= 11 is 1.58. The van der Waals surface area contributed by atoms with E-state index in [-0.39, 0.29) is 0 Å². The van der Waals surface area contributed by atoms with E-state index in [9.17, 15) is 0 Å². The van der Waals surface area contributed by atoms with E-state index in [1.807, 2.05) is 16.8 Å². The summed E-state index contributed by atoms with van der Waals surface area (Å²) in [6.45, 7) is 0. The van der Waals surface area contributed by atoms with Crippen molar-refractivity contribution in [2.75, 3.05) is 0 Å². The Hall–Kier alpha value is -0.740. The smallest absolute Gasteiger partial charge is 0.0362 e. The van der Waals surface area contributed by atoms with Gasteiger partial charge in [0.2, 0.25) is 0 Å². The molecule has 1 heterocycles. The number of hydrogen-bond donors (Lipinski definition) is 0. The molecule has 0 atom stereocenters. The third-order valence-corrected chi connectivity index (χ3v) is 1.35. The molecule has 0 amide bonds. The zero-order valence-corrected chi connectivity index (χ0v) is 4.46. The average molecular weight is 107 g/mol. The molecular weight excluding hydrogens is 104 g/mol. The Morgan fingerprint density at radius 3 is 2.86 bits per heavy atom. The molecule has 0 fully saturated rings. The molecule has 0 unspecified atom stereocenters. The van der Waals surface area contributed by atoms with Crippen LogP contribution in [0.4, 0.5) is 0 Å². The van der Waals surface area contributed by atoms with Gasteiger partial charge in [-0.05, 0) is 17.9 Å². The Kier molecular flexibility index (Phi) is 1.14. The minimum Gasteiger partial charge on any atom is -0.151 e. The largest absolute Gasteiger partial charge is 0.151 e. The highest BCUT2D eigenvalue weighted by Gasteiger charge is 1.79. The summed E-state index contributed by atoms with van der Waals surface area (Å²) in [6, 6.07) is 1.86. The number of thiophene rings is 1. The molecule has 1 radical (unpaired) electrons. The van der Waals surface area contributed by atoms with Crippen molar-refractivity contribution >= 4 is 11.3 Å². The molecule has 7 heavy (non-hydrogen) atoms. The monoisotopic (exact) mass is 107 g/mol. The highest BCUT2D eigenvalue weighted by Crippen LogP contribution is 2.02. The first-order valence-corrected chi connectivity index (χ1v) is 2.82. The van der Waals surface area contributed by atoms with Crippen LogP contribution in [0.25, 0.3) is 0 Å². The van der Waals surface area contributed by atoms with Crippen LogP contribution >= 0.6 is 11.3 Å². The van der Waals surface area contributed by atoms with Gasteiger partial charge in [0.15, 0.2) is 0 Å². The molecule has 0 saturated heterocycles. The van der Waals surface area contributed by atoms with Crippen molar-refractivity contribution in [2.45, 2.75) is 0 Å². The minimum absolute atomic E-state index is 0.866. The van der Waals surface area contributed by atoms with E-state index in [0.717, 1.165) is 5.56 Å². The third-order valence-electron chi connectivity index (χ3n) is 0.666. The fourth-order valence-corrected chi connectivity index (χ4v) is 0.923. The van der Waals surface area contributed by atoms with Gasteiger partial charge in [-0.2, -0.15) is 11.3 Å². The molecule has 1 aromatic heterocycles. The summed E-state index contributed by atoms with van der Waals surface area (Å²) in [6.07, 6.45) is 6.62. The lowest BCUT2D eigenvalue weighted by Crippen LogP contribution is -1.54. The van der Waals surface area contributed by atoms with Gasteiger partial charge >= 0.3 is 0 Å². The molecule has 0 bridgehead atoms. The van der Waals surface area contributed by atoms with Crippen molar-refractivity contribution in [3.05, 3.63) is 28.8 Å². The van der Waals surface area contributed by atoms with Crippen LogP contribution in [0.5, 0.6) is 0 Å². The van der Waals surface area contributed by atoms with Crippen LogP contribution in [0.3, 0.4) is 0 Å². The number of rotatable bonds is 0. The van der Waals surface area contributed by atoms with Crippen LogP contribution in [0, 0.1) is 12.3 Å². The first-order chi connectivity index (χ1) is 3.43. The summed E-state index contributed by atoms with van der Waals surface area (Å²) in [7, 11) is 0. The maximum absolute atomic E-state index is 6.62. The minimum atomic E-state index is 0.866. The Bertz CT molecular complexity index is 167. The third kappa shape index (κ3) is 0.819. The van der Waals surface area contributed by atoms with Gasteiger partial charge in [0.25, 0.3) is 0 Å². The first kappa shape index (κ1) is 4.42. The lowest BCUT2D eigenvalue weighted by Gasteiger charge is -1.66. The Morgan fingerprint density at radius 2 is 2.57 bits per heavy atom. The molecule has 1 rings (SSSR count). The van der Waals surface area contributed by atoms with E-state index >= 15 is 0 Å². The molecule has 0 aliphatic rings. The summed E-state index contributed by atoms with van der Waals surface area (Å²) in [5.41, 5.74) is 0.866. The second-order valence-corrected chi connectivity index (χ2v) is 1.92. The zero-order valence-electron chi connectivity index (χ0n) is 3.64. The second-order valence-electron chi connectivity index (χ2n) is 1.14. The summed E-state index contributed by atoms with van der Waals surface area (Å²) in [5, 5.41) is 3.81. The molecule has 33 valence electrons. The fraction of sp³-hybridized carbons (Fsp3) is 0. The van der Waals surface area contributed by atoms with Crippen LogP contribution in [0.2, 0.25) is 0 Å². The van der Waals surface area contributed by atoms with Crippen molar-refractivity contribution in [3.63, 3.8) is 0 Å². The molecule has 0 spiro atoms. The van der Waals surface area contributed by atoms with Crippen LogP contribution in [0.1, 0.15) is 5.56 Å². The van der Waals surface area contributed by atoms with E-state index in [0.29, 0.717) is 0 Å². The molecule has 0 aliphatic carbocycles. The lowest BCUT2D eigenvalue weighted by molar-refractivity contribution is 1.86. The highest BCUT2D eigenvalue weighted by molar-refractivity contribution is 7.08. The zero-order chi connectivity index (χ0) is 5.11. The average Bonchev–Trinajstić information content (AvgIpc) is 2.14. The van der Waals surface area contributed by atoms with E-state index in [1.165, 1.54) is 0 Å². The van der Waals surface area contributed by atoms with Crippen LogP contribution in [-0.2, 0) is 0 Å². The predicted octanol–water partition coefficient (Wildman–Crippen LogP) is 1.69. The van der Waals surface area contributed by atoms with E-state index < -0.39 is 0 Å². The van der Waals surface area contributed by atoms with Gasteiger partial charge in [-0.25, -0.2) is 0 Å². The SMILES string of the molecule is [C]#Cc1ccsc1. The second kappa shape index (κ2) is 1.81. The van der Waals surface area contributed by atoms with Gasteiger partial charge in [0.1, 0.15) is 0 Å². The maximum Gasteiger partial charge on any atom is 0.0362 e. The molecule has 0 saturated carbocycles. The fourth-order valence-electron chi connectivity index (χ4n) is 0.336. The van der Waals surface area contributed by atoms with Crippen LogP contribution in [0.15, 0.2) is 16.8 Å². The molecule has 0 aromatic carbocycles. The van der Waals surface area contributed by atoms with E-state index in [4.69, 9.17) is 6.42 Å². The normalized spacial score (nSPS) is 7.86. The van der Waals surface area contributed by atoms with Gasteiger partial charge in [0, 0.05) is 10.9 Å². The quantitative estimate of drug-likeness (QED) is 0.442. The molecule has 1 heteroatoms. The molecule has 1 aromatic rings. The Labute approximate surface area is 46.8 Å². The van der Waals surface area contributed by atoms with Crippen molar-refractivity contribution < 1.29 is 0 Å². The molecule has 0 aliphatic heterocycles. The Morgan fingerprint density at radius 1 is 1.71 bits per heavy atom. The number of hydrogen-bond acceptors (Lipinski definition) is 1. The topological polar surface area (TPSA) is 0 Å². The molecule has 0 nitrogen and oxygen atoms in total. The standard InChI is InChI=1S/C6H3S/c1-2-6-3-4-7-5-6/h3-5H. The highest BCUT2D eigenvalue weighted by atomic mass is 32.1. The van der Waals surface area contributed by atoms with Crippen molar-refractivity contribution in [1.82, 2.24) is 0 Å². The molecular formula is C6H3S. The maximum atomic E-state index is 6.62. The van der Waals surface area contributed by atoms with Crippen molar-refractivity contribution in [1.29, 1.82) is 0 Å². The van der Waals surface area contributed by atoms with Gasteiger partial charge in [-0.3, -0.25) is 0 Å². The summed E-state index contributed by atoms with van der Waals surface area (Å²) < 4.78 is 0. The van der Waals surface area contributed by atoms with Crippen molar-refractivity contribution in [2.24, 2.45) is 0 Å². The first-order valence-electron chi connectivity index (χ1n) is 1.88. The van der Waals surface area contributed by atoms with E-state index in [2.05, 4.69) is 5.92 Å². The van der Waals surface area contributed by atoms with Gasteiger partial charge in [-0.1, -0.05) is 5.92 Å². The van der Waals surface area contributed by atoms with Gasteiger partial charge in [0.05, 0.1) is 0 Å². The van der Waals surface area contributed by atoms with Gasteiger partial charge < -0.3 is 0 Å². The molecule has 0 N–H and O–H groups in total. The summed E-state index contributed by atoms with van der Waals surface area (Å²) in [4.78, 5) is 0. The Balaban J connectivity index is 3.04. The van der Waals surface area contributed by atoms with Crippen LogP contribution < -0.4 is 0 Å². The van der Waals surface area contributed by atoms with Crippen molar-refractivity contribution in [3.8, 4) is 5.92 Å².